The Morgan fingerprint density at radius 2 is 1.79 bits per heavy atom. The van der Waals surface area contributed by atoms with Crippen molar-refractivity contribution in [1.29, 1.82) is 5.26 Å². The minimum absolute atomic E-state index is 0.264. The van der Waals surface area contributed by atoms with E-state index in [4.69, 9.17) is 5.26 Å². The molecule has 1 aliphatic rings. The summed E-state index contributed by atoms with van der Waals surface area (Å²) in [6.45, 7) is 2.03. The largest absolute Gasteiger partial charge is 0.328 e. The molecule has 19 heavy (non-hydrogen) atoms. The van der Waals surface area contributed by atoms with E-state index in [2.05, 4.69) is 10.6 Å². The molecule has 1 aliphatic heterocycles. The van der Waals surface area contributed by atoms with Crippen LogP contribution in [0.25, 0.3) is 0 Å². The SMILES string of the molecule is CCCCCC1(CCSC#N)C(=O)NC(=O)NC1=O. The molecule has 0 radical (unpaired) electrons. The standard InChI is InChI=1S/C12H17N3O3S/c1-2-3-4-5-12(6-7-19-8-13)9(16)14-11(18)15-10(12)17/h2-7H2,1H3,(H2,14,15,16,17,18). The van der Waals surface area contributed by atoms with Crippen molar-refractivity contribution in [3.63, 3.8) is 0 Å². The Hall–Kier alpha value is -1.55. The molecule has 0 aromatic heterocycles. The number of nitriles is 1. The van der Waals surface area contributed by atoms with Crippen molar-refractivity contribution >= 4 is 29.6 Å². The zero-order valence-corrected chi connectivity index (χ0v) is 11.6. The van der Waals surface area contributed by atoms with Crippen LogP contribution in [0, 0.1) is 16.1 Å². The molecule has 0 atom stereocenters. The predicted octanol–water partition coefficient (Wildman–Crippen LogP) is 1.52. The van der Waals surface area contributed by atoms with E-state index >= 15 is 0 Å². The maximum Gasteiger partial charge on any atom is 0.328 e. The third-order valence-corrected chi connectivity index (χ3v) is 3.76. The lowest BCUT2D eigenvalue weighted by atomic mass is 9.77. The van der Waals surface area contributed by atoms with Crippen LogP contribution in [0.15, 0.2) is 0 Å². The van der Waals surface area contributed by atoms with Gasteiger partial charge in [-0.2, -0.15) is 5.26 Å². The highest BCUT2D eigenvalue weighted by molar-refractivity contribution is 8.03. The van der Waals surface area contributed by atoms with Gasteiger partial charge in [0.1, 0.15) is 10.8 Å². The molecule has 4 amide bonds. The number of nitrogens with zero attached hydrogens (tertiary/aromatic N) is 1. The summed E-state index contributed by atoms with van der Waals surface area (Å²) in [5.41, 5.74) is -1.22. The molecule has 2 N–H and O–H groups in total. The first-order valence-electron chi connectivity index (χ1n) is 6.24. The molecule has 0 aliphatic carbocycles. The Morgan fingerprint density at radius 3 is 2.32 bits per heavy atom. The monoisotopic (exact) mass is 283 g/mol. The molecule has 1 rings (SSSR count). The first-order chi connectivity index (χ1) is 9.06. The van der Waals surface area contributed by atoms with Crippen molar-refractivity contribution in [1.82, 2.24) is 10.6 Å². The quantitative estimate of drug-likeness (QED) is 0.419. The Kier molecular flexibility index (Phi) is 5.83. The number of hydrogen-bond acceptors (Lipinski definition) is 5. The Balaban J connectivity index is 2.83. The van der Waals surface area contributed by atoms with Gasteiger partial charge < -0.3 is 0 Å². The minimum Gasteiger partial charge on any atom is -0.277 e. The van der Waals surface area contributed by atoms with E-state index in [9.17, 15) is 14.4 Å². The normalized spacial score (nSPS) is 17.6. The average Bonchev–Trinajstić information content (AvgIpc) is 2.35. The molecule has 0 bridgehead atoms. The highest BCUT2D eigenvalue weighted by Gasteiger charge is 2.49. The molecule has 1 fully saturated rings. The fourth-order valence-electron chi connectivity index (χ4n) is 2.11. The first-order valence-corrected chi connectivity index (χ1v) is 7.23. The number of barbiturate groups is 1. The molecular weight excluding hydrogens is 266 g/mol. The van der Waals surface area contributed by atoms with Gasteiger partial charge in [0.25, 0.3) is 0 Å². The van der Waals surface area contributed by atoms with E-state index in [1.807, 2.05) is 12.3 Å². The molecule has 0 spiro atoms. The Bertz CT molecular complexity index is 397. The lowest BCUT2D eigenvalue weighted by Gasteiger charge is -2.33. The average molecular weight is 283 g/mol. The Morgan fingerprint density at radius 1 is 1.16 bits per heavy atom. The van der Waals surface area contributed by atoms with Gasteiger partial charge in [0.05, 0.1) is 0 Å². The lowest BCUT2D eigenvalue weighted by molar-refractivity contribution is -0.145. The second kappa shape index (κ2) is 7.14. The number of imide groups is 2. The van der Waals surface area contributed by atoms with Crippen LogP contribution in [0.3, 0.4) is 0 Å². The maximum atomic E-state index is 12.0. The zero-order chi connectivity index (χ0) is 14.3. The van der Waals surface area contributed by atoms with E-state index < -0.39 is 23.3 Å². The van der Waals surface area contributed by atoms with Gasteiger partial charge in [0.2, 0.25) is 11.8 Å². The molecule has 1 heterocycles. The number of urea groups is 1. The second-order valence-corrected chi connectivity index (χ2v) is 5.35. The van der Waals surface area contributed by atoms with Crippen molar-refractivity contribution in [2.24, 2.45) is 5.41 Å². The van der Waals surface area contributed by atoms with Gasteiger partial charge in [-0.3, -0.25) is 20.2 Å². The predicted molar refractivity (Wildman–Crippen MR) is 70.9 cm³/mol. The molecule has 104 valence electrons. The van der Waals surface area contributed by atoms with Crippen LogP contribution < -0.4 is 10.6 Å². The summed E-state index contributed by atoms with van der Waals surface area (Å²) in [6, 6.07) is -0.769. The summed E-state index contributed by atoms with van der Waals surface area (Å²) < 4.78 is 0. The molecule has 1 saturated heterocycles. The summed E-state index contributed by atoms with van der Waals surface area (Å²) in [5.74, 6) is -0.704. The van der Waals surface area contributed by atoms with Gasteiger partial charge in [-0.1, -0.05) is 26.2 Å². The number of hydrogen-bond donors (Lipinski definition) is 2. The number of thioether (sulfide) groups is 1. The molecule has 0 saturated carbocycles. The molecule has 7 heteroatoms. The highest BCUT2D eigenvalue weighted by Crippen LogP contribution is 2.33. The highest BCUT2D eigenvalue weighted by atomic mass is 32.2. The summed E-state index contributed by atoms with van der Waals surface area (Å²) in [5, 5.41) is 14.7. The van der Waals surface area contributed by atoms with Crippen molar-refractivity contribution in [2.45, 2.75) is 39.0 Å². The Labute approximate surface area is 116 Å². The van der Waals surface area contributed by atoms with Gasteiger partial charge >= 0.3 is 6.03 Å². The summed E-state index contributed by atoms with van der Waals surface area (Å²) in [6.07, 6.45) is 3.30. The van der Waals surface area contributed by atoms with E-state index in [-0.39, 0.29) is 6.42 Å². The van der Waals surface area contributed by atoms with Crippen molar-refractivity contribution < 1.29 is 14.4 Å². The molecule has 0 unspecified atom stereocenters. The first kappa shape index (κ1) is 15.5. The molecular formula is C12H17N3O3S. The van der Waals surface area contributed by atoms with Crippen LogP contribution in [0.4, 0.5) is 4.79 Å². The number of amides is 4. The molecule has 0 aromatic rings. The molecule has 0 aromatic carbocycles. The number of carbonyl (C=O) groups is 3. The van der Waals surface area contributed by atoms with Crippen molar-refractivity contribution in [2.75, 3.05) is 5.75 Å². The summed E-state index contributed by atoms with van der Waals surface area (Å²) in [4.78, 5) is 35.2. The lowest BCUT2D eigenvalue weighted by Crippen LogP contribution is -2.62. The minimum atomic E-state index is -1.22. The number of rotatable bonds is 7. The second-order valence-electron chi connectivity index (χ2n) is 4.47. The number of nitrogens with one attached hydrogen (secondary N) is 2. The van der Waals surface area contributed by atoms with Crippen LogP contribution >= 0.6 is 11.8 Å². The van der Waals surface area contributed by atoms with Crippen LogP contribution in [-0.2, 0) is 9.59 Å². The zero-order valence-electron chi connectivity index (χ0n) is 10.8. The number of unbranched alkanes of at least 4 members (excludes halogenated alkanes) is 2. The van der Waals surface area contributed by atoms with E-state index in [1.54, 1.807) is 0 Å². The van der Waals surface area contributed by atoms with Crippen LogP contribution in [0.5, 0.6) is 0 Å². The number of carbonyl (C=O) groups excluding carboxylic acids is 3. The van der Waals surface area contributed by atoms with Crippen LogP contribution in [0.2, 0.25) is 0 Å². The van der Waals surface area contributed by atoms with Gasteiger partial charge in [-0.15, -0.1) is 0 Å². The smallest absolute Gasteiger partial charge is 0.277 e. The van der Waals surface area contributed by atoms with E-state index in [0.29, 0.717) is 12.2 Å². The number of thiocyanates is 1. The summed E-state index contributed by atoms with van der Waals surface area (Å²) in [7, 11) is 0. The van der Waals surface area contributed by atoms with E-state index in [1.165, 1.54) is 0 Å². The van der Waals surface area contributed by atoms with Crippen LogP contribution in [0.1, 0.15) is 39.0 Å². The fourth-order valence-corrected chi connectivity index (χ4v) is 2.65. The van der Waals surface area contributed by atoms with Crippen molar-refractivity contribution in [3.05, 3.63) is 0 Å². The topological polar surface area (TPSA) is 99.1 Å². The van der Waals surface area contributed by atoms with Crippen LogP contribution in [-0.4, -0.2) is 23.6 Å². The fraction of sp³-hybridized carbons (Fsp3) is 0.667. The van der Waals surface area contributed by atoms with Gasteiger partial charge in [0, 0.05) is 5.75 Å². The van der Waals surface area contributed by atoms with Crippen molar-refractivity contribution in [3.8, 4) is 5.40 Å². The van der Waals surface area contributed by atoms with Gasteiger partial charge in [-0.05, 0) is 24.6 Å². The van der Waals surface area contributed by atoms with Gasteiger partial charge in [0.15, 0.2) is 0 Å². The maximum absolute atomic E-state index is 12.0. The van der Waals surface area contributed by atoms with E-state index in [0.717, 1.165) is 31.0 Å². The summed E-state index contributed by atoms with van der Waals surface area (Å²) >= 11 is 1.01. The molecule has 6 nitrogen and oxygen atoms in total. The third kappa shape index (κ3) is 3.70. The van der Waals surface area contributed by atoms with Gasteiger partial charge in [-0.25, -0.2) is 4.79 Å². The third-order valence-electron chi connectivity index (χ3n) is 3.23.